The van der Waals surface area contributed by atoms with Crippen LogP contribution in [-0.2, 0) is 57.1 Å². The van der Waals surface area contributed by atoms with Gasteiger partial charge in [-0.05, 0) is 22.3 Å². The van der Waals surface area contributed by atoms with Crippen LogP contribution >= 0.6 is 0 Å². The van der Waals surface area contributed by atoms with Crippen molar-refractivity contribution >= 4 is 35.9 Å². The summed E-state index contributed by atoms with van der Waals surface area (Å²) in [6.07, 6.45) is -8.49. The molecule has 0 radical (unpaired) electrons. The number of hydrogen-bond donors (Lipinski definition) is 2. The van der Waals surface area contributed by atoms with E-state index in [-0.39, 0.29) is 12.5 Å². The molecule has 15 heteroatoms. The molecule has 2 aliphatic rings. The van der Waals surface area contributed by atoms with Crippen LogP contribution in [0.25, 0.3) is 11.1 Å². The average molecular weight is 658 g/mol. The maximum atomic E-state index is 12.8. The molecule has 2 N–H and O–H groups in total. The molecular weight excluding hydrogens is 622 g/mol. The highest BCUT2D eigenvalue weighted by molar-refractivity contribution is 5.81. The molecule has 2 aromatic rings. The maximum Gasteiger partial charge on any atom is 0.407 e. The summed E-state index contributed by atoms with van der Waals surface area (Å²) >= 11 is 0. The van der Waals surface area contributed by atoms with Gasteiger partial charge < -0.3 is 43.6 Å². The van der Waals surface area contributed by atoms with E-state index < -0.39 is 85.9 Å². The minimum Gasteiger partial charge on any atom is -0.480 e. The normalized spacial score (nSPS) is 22.1. The van der Waals surface area contributed by atoms with Gasteiger partial charge in [0.15, 0.2) is 30.6 Å². The number of rotatable bonds is 12. The Kier molecular flexibility index (Phi) is 11.5. The summed E-state index contributed by atoms with van der Waals surface area (Å²) in [5.74, 6) is -5.01. The Balaban J connectivity index is 1.48. The first kappa shape index (κ1) is 34.8. The van der Waals surface area contributed by atoms with Gasteiger partial charge in [0, 0.05) is 33.6 Å². The van der Waals surface area contributed by atoms with E-state index in [0.29, 0.717) is 0 Å². The predicted molar refractivity (Wildman–Crippen MR) is 158 cm³/mol. The third-order valence-electron chi connectivity index (χ3n) is 7.31. The van der Waals surface area contributed by atoms with Gasteiger partial charge >= 0.3 is 35.9 Å². The number of alkyl carbamates (subject to hydrolysis) is 1. The highest BCUT2D eigenvalue weighted by atomic mass is 16.7. The van der Waals surface area contributed by atoms with E-state index in [1.54, 1.807) is 0 Å². The van der Waals surface area contributed by atoms with Gasteiger partial charge in [0.25, 0.3) is 0 Å². The summed E-state index contributed by atoms with van der Waals surface area (Å²) in [6.45, 7) is 2.98. The first-order valence-electron chi connectivity index (χ1n) is 14.6. The van der Waals surface area contributed by atoms with Gasteiger partial charge in [-0.15, -0.1) is 0 Å². The van der Waals surface area contributed by atoms with E-state index in [4.69, 9.17) is 33.2 Å². The zero-order valence-electron chi connectivity index (χ0n) is 26.0. The summed E-state index contributed by atoms with van der Waals surface area (Å²) in [6, 6.07) is 13.7. The van der Waals surface area contributed by atoms with Crippen LogP contribution in [0.4, 0.5) is 4.79 Å². The lowest BCUT2D eigenvalue weighted by molar-refractivity contribution is -0.308. The molecule has 0 saturated carbocycles. The fraction of sp³-hybridized carbons (Fsp3) is 0.438. The van der Waals surface area contributed by atoms with Gasteiger partial charge in [-0.3, -0.25) is 19.2 Å². The number of carboxylic acids is 1. The van der Waals surface area contributed by atoms with Crippen LogP contribution in [0.2, 0.25) is 0 Å². The number of aliphatic carboxylic acids is 1. The lowest BCUT2D eigenvalue weighted by Gasteiger charge is -2.44. The van der Waals surface area contributed by atoms with Crippen LogP contribution in [0.1, 0.15) is 44.7 Å². The molecule has 1 saturated heterocycles. The number of hydrogen-bond acceptors (Lipinski definition) is 13. The van der Waals surface area contributed by atoms with E-state index in [0.717, 1.165) is 49.9 Å². The van der Waals surface area contributed by atoms with Crippen LogP contribution in [0.15, 0.2) is 48.5 Å². The van der Waals surface area contributed by atoms with Crippen LogP contribution in [0.5, 0.6) is 0 Å². The molecule has 252 valence electrons. The van der Waals surface area contributed by atoms with Gasteiger partial charge in [-0.1, -0.05) is 48.5 Å². The van der Waals surface area contributed by atoms with Crippen molar-refractivity contribution in [2.45, 2.75) is 70.4 Å². The zero-order valence-corrected chi connectivity index (χ0v) is 26.0. The van der Waals surface area contributed by atoms with E-state index in [1.807, 2.05) is 48.5 Å². The number of fused-ring (bicyclic) bond motifs is 3. The fourth-order valence-electron chi connectivity index (χ4n) is 5.47. The van der Waals surface area contributed by atoms with Gasteiger partial charge in [0.2, 0.25) is 0 Å². The molecule has 6 atom stereocenters. The largest absolute Gasteiger partial charge is 0.480 e. The van der Waals surface area contributed by atoms with Crippen molar-refractivity contribution in [3.8, 4) is 11.1 Å². The third kappa shape index (κ3) is 8.83. The minimum atomic E-state index is -1.68. The molecule has 15 nitrogen and oxygen atoms in total. The molecular formula is C32H35NO14. The van der Waals surface area contributed by atoms with Crippen LogP contribution < -0.4 is 5.32 Å². The van der Waals surface area contributed by atoms with Gasteiger partial charge in [-0.2, -0.15) is 0 Å². The molecule has 1 fully saturated rings. The summed E-state index contributed by atoms with van der Waals surface area (Å²) in [7, 11) is 0. The standard InChI is InChI=1S/C32H35NO14/c1-16(34)41-15-26-27(44-17(2)35)28(45-18(3)36)29(46-19(4)37)31(47-26)42-14-25(30(38)39)33-32(40)43-13-24-22-11-7-5-9-20(22)21-10-6-8-12-23(21)24/h5-12,24-29,31H,13-15H2,1-4H3,(H,33,40)(H,38,39)/t25-,26+,27+,28-,29+,31+/m1/s1. The molecule has 1 aliphatic carbocycles. The molecule has 47 heavy (non-hydrogen) atoms. The second-order valence-corrected chi connectivity index (χ2v) is 10.8. The Bertz CT molecular complexity index is 1460. The first-order valence-corrected chi connectivity index (χ1v) is 14.6. The van der Waals surface area contributed by atoms with Gasteiger partial charge in [-0.25, -0.2) is 9.59 Å². The first-order chi connectivity index (χ1) is 22.3. The Morgan fingerprint density at radius 1 is 0.723 bits per heavy atom. The van der Waals surface area contributed by atoms with E-state index in [9.17, 15) is 33.9 Å². The predicted octanol–water partition coefficient (Wildman–Crippen LogP) is 2.08. The van der Waals surface area contributed by atoms with Crippen LogP contribution in [-0.4, -0.2) is 97.6 Å². The second kappa shape index (κ2) is 15.5. The maximum absolute atomic E-state index is 12.8. The number of ether oxygens (including phenoxy) is 7. The van der Waals surface area contributed by atoms with Crippen molar-refractivity contribution in [3.63, 3.8) is 0 Å². The Morgan fingerprint density at radius 3 is 1.79 bits per heavy atom. The van der Waals surface area contributed by atoms with Crippen molar-refractivity contribution < 1.29 is 67.0 Å². The van der Waals surface area contributed by atoms with E-state index in [2.05, 4.69) is 5.32 Å². The molecule has 2 aromatic carbocycles. The van der Waals surface area contributed by atoms with E-state index in [1.165, 1.54) is 0 Å². The van der Waals surface area contributed by atoms with Crippen molar-refractivity contribution in [2.75, 3.05) is 19.8 Å². The molecule has 1 amide bonds. The highest BCUT2D eigenvalue weighted by Crippen LogP contribution is 2.44. The summed E-state index contributed by atoms with van der Waals surface area (Å²) < 4.78 is 37.9. The number of carboxylic acid groups (broad SMARTS) is 1. The SMILES string of the molecule is CC(=O)OC[C@@H]1O[C@H](OC[C@@H](NC(=O)OCC2c3ccccc3-c3ccccc32)C(=O)O)[C@@H](OC(C)=O)[C@H](OC(C)=O)[C@H]1OC(C)=O. The highest BCUT2D eigenvalue weighted by Gasteiger charge is 2.53. The Labute approximate surface area is 269 Å². The number of benzene rings is 2. The Morgan fingerprint density at radius 2 is 1.26 bits per heavy atom. The number of amides is 1. The lowest BCUT2D eigenvalue weighted by atomic mass is 9.98. The smallest absolute Gasteiger partial charge is 0.407 e. The monoisotopic (exact) mass is 657 g/mol. The number of nitrogens with one attached hydrogen (secondary N) is 1. The van der Waals surface area contributed by atoms with Crippen molar-refractivity contribution in [2.24, 2.45) is 0 Å². The number of carbonyl (C=O) groups is 6. The number of carbonyl (C=O) groups excluding carboxylic acids is 5. The molecule has 1 heterocycles. The number of esters is 4. The van der Waals surface area contributed by atoms with E-state index >= 15 is 0 Å². The van der Waals surface area contributed by atoms with Crippen molar-refractivity contribution in [1.29, 1.82) is 0 Å². The minimum absolute atomic E-state index is 0.0766. The Hall–Kier alpha value is -5.02. The molecule has 0 unspecified atom stereocenters. The quantitative estimate of drug-likeness (QED) is 0.248. The summed E-state index contributed by atoms with van der Waals surface area (Å²) in [5.41, 5.74) is 3.95. The third-order valence-corrected chi connectivity index (χ3v) is 7.31. The van der Waals surface area contributed by atoms with Gasteiger partial charge in [0.1, 0.15) is 19.3 Å². The summed E-state index contributed by atoms with van der Waals surface area (Å²) in [4.78, 5) is 72.4. The zero-order chi connectivity index (χ0) is 34.2. The average Bonchev–Trinajstić information content (AvgIpc) is 3.32. The molecule has 0 aromatic heterocycles. The van der Waals surface area contributed by atoms with Crippen LogP contribution in [0, 0.1) is 0 Å². The molecule has 0 spiro atoms. The topological polar surface area (TPSA) is 199 Å². The van der Waals surface area contributed by atoms with Crippen molar-refractivity contribution in [1.82, 2.24) is 5.32 Å². The van der Waals surface area contributed by atoms with Crippen molar-refractivity contribution in [3.05, 3.63) is 59.7 Å². The second-order valence-electron chi connectivity index (χ2n) is 10.8. The molecule has 0 bridgehead atoms. The summed E-state index contributed by atoms with van der Waals surface area (Å²) in [5, 5.41) is 12.1. The lowest BCUT2D eigenvalue weighted by Crippen LogP contribution is -2.63. The molecule has 1 aliphatic heterocycles. The van der Waals surface area contributed by atoms with Gasteiger partial charge in [0.05, 0.1) is 6.61 Å². The molecule has 4 rings (SSSR count). The fourth-order valence-corrected chi connectivity index (χ4v) is 5.47. The van der Waals surface area contributed by atoms with Crippen LogP contribution in [0.3, 0.4) is 0 Å².